The number of rotatable bonds is 11. The van der Waals surface area contributed by atoms with Crippen molar-refractivity contribution in [3.63, 3.8) is 0 Å². The molecular formula is C14H34NNaO3S. The minimum absolute atomic E-state index is 0. The summed E-state index contributed by atoms with van der Waals surface area (Å²) >= 11 is 0. The molecule has 120 valence electrons. The molecule has 0 radical (unpaired) electrons. The Morgan fingerprint density at radius 2 is 1.15 bits per heavy atom. The molecule has 0 fully saturated rings. The second-order valence-corrected chi connectivity index (χ2v) is 6.58. The molecule has 0 aromatic carbocycles. The second-order valence-electron chi connectivity index (χ2n) is 4.84. The summed E-state index contributed by atoms with van der Waals surface area (Å²) in [5, 5.41) is 0. The van der Waals surface area contributed by atoms with E-state index in [4.69, 9.17) is 10.3 Å². The Hall–Kier alpha value is 0.870. The molecule has 0 rings (SSSR count). The fourth-order valence-corrected chi connectivity index (χ4v) is 1.63. The second kappa shape index (κ2) is 19.9. The van der Waals surface area contributed by atoms with Crippen molar-refractivity contribution in [3.05, 3.63) is 0 Å². The van der Waals surface area contributed by atoms with Crippen LogP contribution in [0.25, 0.3) is 0 Å². The van der Waals surface area contributed by atoms with E-state index in [9.17, 15) is 8.42 Å². The first-order valence-electron chi connectivity index (χ1n) is 7.63. The van der Waals surface area contributed by atoms with Gasteiger partial charge in [-0.05, 0) is 19.9 Å². The van der Waals surface area contributed by atoms with Crippen LogP contribution < -0.4 is 35.3 Å². The van der Waals surface area contributed by atoms with Crippen molar-refractivity contribution in [1.29, 1.82) is 0 Å². The number of hydrogen-bond acceptors (Lipinski definition) is 3. The SMILES string of the molecule is CCCCCCCCCCCCN.CCS(=O)(=O)O.[H-].[Na+]. The van der Waals surface area contributed by atoms with E-state index in [0.29, 0.717) is 0 Å². The molecule has 4 nitrogen and oxygen atoms in total. The average molecular weight is 319 g/mol. The molecule has 0 spiro atoms. The summed E-state index contributed by atoms with van der Waals surface area (Å²) in [6.45, 7) is 4.51. The summed E-state index contributed by atoms with van der Waals surface area (Å²) in [6.07, 6.45) is 13.9. The Balaban J connectivity index is -0.000000156. The zero-order valence-corrected chi connectivity index (χ0v) is 16.6. The van der Waals surface area contributed by atoms with Crippen LogP contribution in [0, 0.1) is 0 Å². The van der Waals surface area contributed by atoms with Gasteiger partial charge in [0.15, 0.2) is 0 Å². The van der Waals surface area contributed by atoms with E-state index in [2.05, 4.69) is 6.92 Å². The largest absolute Gasteiger partial charge is 1.00 e. The first-order valence-corrected chi connectivity index (χ1v) is 9.24. The van der Waals surface area contributed by atoms with Crippen LogP contribution in [0.1, 0.15) is 79.5 Å². The first-order chi connectivity index (χ1) is 8.97. The van der Waals surface area contributed by atoms with Crippen molar-refractivity contribution in [3.8, 4) is 0 Å². The van der Waals surface area contributed by atoms with E-state index >= 15 is 0 Å². The van der Waals surface area contributed by atoms with E-state index in [1.807, 2.05) is 0 Å². The van der Waals surface area contributed by atoms with Crippen LogP contribution in [-0.2, 0) is 10.1 Å². The van der Waals surface area contributed by atoms with Gasteiger partial charge in [-0.1, -0.05) is 64.7 Å². The quantitative estimate of drug-likeness (QED) is 0.336. The topological polar surface area (TPSA) is 80.4 Å². The van der Waals surface area contributed by atoms with Gasteiger partial charge in [0, 0.05) is 0 Å². The Bertz CT molecular complexity index is 255. The number of unbranched alkanes of at least 4 members (excludes halogenated alkanes) is 9. The van der Waals surface area contributed by atoms with E-state index < -0.39 is 10.1 Å². The van der Waals surface area contributed by atoms with Gasteiger partial charge in [0.2, 0.25) is 0 Å². The molecular weight excluding hydrogens is 285 g/mol. The summed E-state index contributed by atoms with van der Waals surface area (Å²) in [6, 6.07) is 0. The molecule has 0 aliphatic heterocycles. The molecule has 0 heterocycles. The van der Waals surface area contributed by atoms with Crippen LogP contribution in [0.4, 0.5) is 0 Å². The molecule has 0 saturated carbocycles. The van der Waals surface area contributed by atoms with Gasteiger partial charge >= 0.3 is 29.6 Å². The Labute approximate surface area is 149 Å². The van der Waals surface area contributed by atoms with Crippen molar-refractivity contribution in [2.45, 2.75) is 78.1 Å². The van der Waals surface area contributed by atoms with Crippen LogP contribution in [0.15, 0.2) is 0 Å². The van der Waals surface area contributed by atoms with E-state index in [0.717, 1.165) is 6.54 Å². The first kappa shape index (κ1) is 25.8. The monoisotopic (exact) mass is 319 g/mol. The van der Waals surface area contributed by atoms with Crippen LogP contribution in [0.5, 0.6) is 0 Å². The van der Waals surface area contributed by atoms with Crippen molar-refractivity contribution < 1.29 is 44.0 Å². The summed E-state index contributed by atoms with van der Waals surface area (Å²) in [5.41, 5.74) is 5.42. The third kappa shape index (κ3) is 31.3. The third-order valence-corrected chi connectivity index (χ3v) is 3.65. The molecule has 6 heteroatoms. The fraction of sp³-hybridized carbons (Fsp3) is 1.00. The van der Waals surface area contributed by atoms with E-state index in [1.54, 1.807) is 0 Å². The van der Waals surface area contributed by atoms with Gasteiger partial charge in [-0.3, -0.25) is 4.55 Å². The molecule has 0 atom stereocenters. The smallest absolute Gasteiger partial charge is 1.00 e. The number of hydrogen-bond donors (Lipinski definition) is 2. The van der Waals surface area contributed by atoms with Crippen molar-refractivity contribution in [2.75, 3.05) is 12.3 Å². The molecule has 0 aliphatic carbocycles. The van der Waals surface area contributed by atoms with Crippen molar-refractivity contribution >= 4 is 10.1 Å². The van der Waals surface area contributed by atoms with Crippen LogP contribution in [-0.4, -0.2) is 25.3 Å². The maximum absolute atomic E-state index is 9.56. The minimum Gasteiger partial charge on any atom is -1.00 e. The van der Waals surface area contributed by atoms with Crippen LogP contribution in [0.3, 0.4) is 0 Å². The van der Waals surface area contributed by atoms with Gasteiger partial charge in [-0.2, -0.15) is 8.42 Å². The van der Waals surface area contributed by atoms with E-state index in [-0.39, 0.29) is 36.7 Å². The molecule has 0 unspecified atom stereocenters. The molecule has 0 aromatic heterocycles. The van der Waals surface area contributed by atoms with Gasteiger partial charge in [0.1, 0.15) is 0 Å². The summed E-state index contributed by atoms with van der Waals surface area (Å²) in [4.78, 5) is 0. The fourth-order valence-electron chi connectivity index (χ4n) is 1.63. The Kier molecular flexibility index (Phi) is 25.6. The maximum Gasteiger partial charge on any atom is 1.00 e. The van der Waals surface area contributed by atoms with E-state index in [1.165, 1.54) is 71.1 Å². The van der Waals surface area contributed by atoms with Gasteiger partial charge in [0.25, 0.3) is 10.1 Å². The summed E-state index contributed by atoms with van der Waals surface area (Å²) in [7, 11) is -3.66. The normalized spacial score (nSPS) is 10.4. The standard InChI is InChI=1S/C12H27N.C2H6O3S.Na.H/c1-2-3-4-5-6-7-8-9-10-11-12-13;1-2-6(3,4)5;;/h2-13H2,1H3;2H2,1H3,(H,3,4,5);;/q;;+1;-1. The minimum atomic E-state index is -3.66. The van der Waals surface area contributed by atoms with Gasteiger partial charge < -0.3 is 7.16 Å². The molecule has 0 saturated heterocycles. The third-order valence-electron chi connectivity index (χ3n) is 2.92. The van der Waals surface area contributed by atoms with Gasteiger partial charge in [-0.25, -0.2) is 0 Å². The van der Waals surface area contributed by atoms with Crippen molar-refractivity contribution in [1.82, 2.24) is 0 Å². The molecule has 0 amide bonds. The molecule has 3 N–H and O–H groups in total. The zero-order valence-electron chi connectivity index (χ0n) is 14.7. The predicted octanol–water partition coefficient (Wildman–Crippen LogP) is 0.877. The zero-order chi connectivity index (χ0) is 15.0. The van der Waals surface area contributed by atoms with Crippen LogP contribution >= 0.6 is 0 Å². The van der Waals surface area contributed by atoms with Crippen molar-refractivity contribution in [2.24, 2.45) is 5.73 Å². The number of nitrogens with two attached hydrogens (primary N) is 1. The predicted molar refractivity (Wildman–Crippen MR) is 84.1 cm³/mol. The van der Waals surface area contributed by atoms with Crippen LogP contribution in [0.2, 0.25) is 0 Å². The maximum atomic E-state index is 9.56. The molecule has 0 bridgehead atoms. The average Bonchev–Trinajstić information content (AvgIpc) is 2.37. The molecule has 0 aliphatic rings. The molecule has 20 heavy (non-hydrogen) atoms. The van der Waals surface area contributed by atoms with Gasteiger partial charge in [0.05, 0.1) is 5.75 Å². The Morgan fingerprint density at radius 1 is 0.850 bits per heavy atom. The molecule has 0 aromatic rings. The summed E-state index contributed by atoms with van der Waals surface area (Å²) < 4.78 is 26.9. The Morgan fingerprint density at radius 3 is 1.40 bits per heavy atom. The summed E-state index contributed by atoms with van der Waals surface area (Å²) in [5.74, 6) is -0.201. The van der Waals surface area contributed by atoms with Gasteiger partial charge in [-0.15, -0.1) is 0 Å².